The molecule has 0 fully saturated rings. The molecule has 0 amide bonds. The Morgan fingerprint density at radius 2 is 2.00 bits per heavy atom. The average molecular weight is 423 g/mol. The second-order valence-electron chi connectivity index (χ2n) is 5.08. The summed E-state index contributed by atoms with van der Waals surface area (Å²) in [7, 11) is 1.74. The van der Waals surface area contributed by atoms with Gasteiger partial charge < -0.3 is 15.4 Å². The first-order valence-corrected chi connectivity index (χ1v) is 7.42. The zero-order chi connectivity index (χ0) is 15.5. The Morgan fingerprint density at radius 3 is 2.64 bits per heavy atom. The SMILES string of the molecule is CN=C(NCCCOC(C)C)NCCc1cccc(F)c1.I. The van der Waals surface area contributed by atoms with Crippen molar-refractivity contribution in [2.45, 2.75) is 32.8 Å². The highest BCUT2D eigenvalue weighted by atomic mass is 127. The summed E-state index contributed by atoms with van der Waals surface area (Å²) in [5, 5.41) is 6.44. The molecular weight excluding hydrogens is 396 g/mol. The van der Waals surface area contributed by atoms with Crippen molar-refractivity contribution in [3.05, 3.63) is 35.6 Å². The van der Waals surface area contributed by atoms with Crippen molar-refractivity contribution in [3.63, 3.8) is 0 Å². The van der Waals surface area contributed by atoms with E-state index in [9.17, 15) is 4.39 Å². The maximum Gasteiger partial charge on any atom is 0.190 e. The van der Waals surface area contributed by atoms with Gasteiger partial charge in [-0.2, -0.15) is 0 Å². The van der Waals surface area contributed by atoms with Crippen LogP contribution in [0.25, 0.3) is 0 Å². The van der Waals surface area contributed by atoms with Crippen molar-refractivity contribution in [3.8, 4) is 0 Å². The molecule has 4 nitrogen and oxygen atoms in total. The number of hydrogen-bond donors (Lipinski definition) is 2. The number of nitrogens with one attached hydrogen (secondary N) is 2. The summed E-state index contributed by atoms with van der Waals surface area (Å²) in [4.78, 5) is 4.15. The third-order valence-electron chi connectivity index (χ3n) is 2.88. The van der Waals surface area contributed by atoms with Crippen LogP contribution < -0.4 is 10.6 Å². The van der Waals surface area contributed by atoms with Gasteiger partial charge in [-0.1, -0.05) is 12.1 Å². The van der Waals surface area contributed by atoms with Crippen LogP contribution in [0.2, 0.25) is 0 Å². The van der Waals surface area contributed by atoms with E-state index in [1.807, 2.05) is 19.9 Å². The summed E-state index contributed by atoms with van der Waals surface area (Å²) in [6, 6.07) is 6.66. The van der Waals surface area contributed by atoms with Crippen molar-refractivity contribution < 1.29 is 9.13 Å². The Morgan fingerprint density at radius 1 is 1.27 bits per heavy atom. The van der Waals surface area contributed by atoms with E-state index in [4.69, 9.17) is 4.74 Å². The number of rotatable bonds is 8. The van der Waals surface area contributed by atoms with Gasteiger partial charge in [0.15, 0.2) is 5.96 Å². The molecule has 0 saturated carbocycles. The van der Waals surface area contributed by atoms with Gasteiger partial charge in [-0.05, 0) is 44.4 Å². The van der Waals surface area contributed by atoms with E-state index in [0.29, 0.717) is 6.54 Å². The van der Waals surface area contributed by atoms with Crippen LogP contribution in [0.15, 0.2) is 29.3 Å². The molecule has 0 heterocycles. The number of guanidine groups is 1. The summed E-state index contributed by atoms with van der Waals surface area (Å²) in [6.45, 7) is 6.32. The quantitative estimate of drug-likeness (QED) is 0.293. The van der Waals surface area contributed by atoms with Crippen LogP contribution in [-0.4, -0.2) is 38.8 Å². The number of aliphatic imine (C=N–C) groups is 1. The third-order valence-corrected chi connectivity index (χ3v) is 2.88. The lowest BCUT2D eigenvalue weighted by Crippen LogP contribution is -2.39. The predicted octanol–water partition coefficient (Wildman–Crippen LogP) is 2.97. The monoisotopic (exact) mass is 423 g/mol. The van der Waals surface area contributed by atoms with Crippen LogP contribution in [0.3, 0.4) is 0 Å². The van der Waals surface area contributed by atoms with E-state index >= 15 is 0 Å². The van der Waals surface area contributed by atoms with Gasteiger partial charge in [0.05, 0.1) is 6.10 Å². The number of nitrogens with zero attached hydrogens (tertiary/aromatic N) is 1. The van der Waals surface area contributed by atoms with Gasteiger partial charge in [0.2, 0.25) is 0 Å². The Labute approximate surface area is 149 Å². The second-order valence-corrected chi connectivity index (χ2v) is 5.08. The van der Waals surface area contributed by atoms with Gasteiger partial charge in [-0.3, -0.25) is 4.99 Å². The standard InChI is InChI=1S/C16H26FN3O.HI/c1-13(2)21-11-5-9-19-16(18-3)20-10-8-14-6-4-7-15(17)12-14;/h4,6-7,12-13H,5,8-11H2,1-3H3,(H2,18,19,20);1H. The van der Waals surface area contributed by atoms with Gasteiger partial charge in [0.25, 0.3) is 0 Å². The molecule has 2 N–H and O–H groups in total. The molecule has 22 heavy (non-hydrogen) atoms. The van der Waals surface area contributed by atoms with Crippen molar-refractivity contribution in [2.75, 3.05) is 26.7 Å². The molecule has 0 bridgehead atoms. The van der Waals surface area contributed by atoms with Gasteiger partial charge in [0.1, 0.15) is 5.82 Å². The normalized spacial score (nSPS) is 11.2. The highest BCUT2D eigenvalue weighted by Crippen LogP contribution is 2.03. The molecule has 0 spiro atoms. The minimum atomic E-state index is -0.194. The fraction of sp³-hybridized carbons (Fsp3) is 0.562. The number of ether oxygens (including phenoxy) is 1. The first-order valence-electron chi connectivity index (χ1n) is 7.42. The fourth-order valence-corrected chi connectivity index (χ4v) is 1.84. The summed E-state index contributed by atoms with van der Waals surface area (Å²) >= 11 is 0. The lowest BCUT2D eigenvalue weighted by atomic mass is 10.1. The molecule has 1 aromatic carbocycles. The van der Waals surface area contributed by atoms with E-state index in [2.05, 4.69) is 15.6 Å². The van der Waals surface area contributed by atoms with Crippen LogP contribution in [0, 0.1) is 5.82 Å². The van der Waals surface area contributed by atoms with Crippen LogP contribution in [0.1, 0.15) is 25.8 Å². The van der Waals surface area contributed by atoms with Gasteiger partial charge in [0, 0.05) is 26.7 Å². The summed E-state index contributed by atoms with van der Waals surface area (Å²) < 4.78 is 18.5. The minimum Gasteiger partial charge on any atom is -0.379 e. The molecular formula is C16H27FIN3O. The first kappa shape index (κ1) is 21.1. The topological polar surface area (TPSA) is 45.7 Å². The zero-order valence-corrected chi connectivity index (χ0v) is 15.9. The largest absolute Gasteiger partial charge is 0.379 e. The second kappa shape index (κ2) is 12.6. The van der Waals surface area contributed by atoms with Crippen molar-refractivity contribution in [1.29, 1.82) is 0 Å². The lowest BCUT2D eigenvalue weighted by molar-refractivity contribution is 0.0776. The molecule has 1 rings (SSSR count). The maximum absolute atomic E-state index is 13.0. The molecule has 0 aliphatic heterocycles. The van der Waals surface area contributed by atoms with E-state index in [0.717, 1.165) is 37.5 Å². The molecule has 0 unspecified atom stereocenters. The van der Waals surface area contributed by atoms with E-state index in [1.165, 1.54) is 6.07 Å². The third kappa shape index (κ3) is 9.94. The van der Waals surface area contributed by atoms with Crippen molar-refractivity contribution in [2.24, 2.45) is 4.99 Å². The van der Waals surface area contributed by atoms with Gasteiger partial charge in [-0.25, -0.2) is 4.39 Å². The highest BCUT2D eigenvalue weighted by Gasteiger charge is 1.99. The molecule has 0 atom stereocenters. The molecule has 0 aliphatic rings. The van der Waals surface area contributed by atoms with E-state index < -0.39 is 0 Å². The summed E-state index contributed by atoms with van der Waals surface area (Å²) in [6.07, 6.45) is 1.96. The molecule has 6 heteroatoms. The fourth-order valence-electron chi connectivity index (χ4n) is 1.84. The van der Waals surface area contributed by atoms with Crippen LogP contribution >= 0.6 is 24.0 Å². The lowest BCUT2D eigenvalue weighted by Gasteiger charge is -2.12. The highest BCUT2D eigenvalue weighted by molar-refractivity contribution is 14.0. The molecule has 0 aromatic heterocycles. The smallest absolute Gasteiger partial charge is 0.190 e. The minimum absolute atomic E-state index is 0. The van der Waals surface area contributed by atoms with E-state index in [-0.39, 0.29) is 35.9 Å². The molecule has 0 aliphatic carbocycles. The van der Waals surface area contributed by atoms with Gasteiger partial charge >= 0.3 is 0 Å². The van der Waals surface area contributed by atoms with Crippen molar-refractivity contribution in [1.82, 2.24) is 10.6 Å². The van der Waals surface area contributed by atoms with Crippen LogP contribution in [-0.2, 0) is 11.2 Å². The zero-order valence-electron chi connectivity index (χ0n) is 13.6. The molecule has 126 valence electrons. The summed E-state index contributed by atoms with van der Waals surface area (Å²) in [5.74, 6) is 0.566. The molecule has 1 aromatic rings. The number of hydrogen-bond acceptors (Lipinski definition) is 2. The van der Waals surface area contributed by atoms with Crippen LogP contribution in [0.5, 0.6) is 0 Å². The van der Waals surface area contributed by atoms with Crippen molar-refractivity contribution >= 4 is 29.9 Å². The number of benzene rings is 1. The Kier molecular flexibility index (Phi) is 12.1. The molecule has 0 radical (unpaired) electrons. The Balaban J connectivity index is 0.00000441. The number of halogens is 2. The first-order chi connectivity index (χ1) is 10.1. The Bertz CT molecular complexity index is 441. The van der Waals surface area contributed by atoms with E-state index in [1.54, 1.807) is 19.2 Å². The Hall–Kier alpha value is -0.890. The summed E-state index contributed by atoms with van der Waals surface area (Å²) in [5.41, 5.74) is 0.975. The van der Waals surface area contributed by atoms with Crippen LogP contribution in [0.4, 0.5) is 4.39 Å². The van der Waals surface area contributed by atoms with Gasteiger partial charge in [-0.15, -0.1) is 24.0 Å². The molecule has 0 saturated heterocycles. The average Bonchev–Trinajstić information content (AvgIpc) is 2.45. The predicted molar refractivity (Wildman–Crippen MR) is 101 cm³/mol. The maximum atomic E-state index is 13.0.